The highest BCUT2D eigenvalue weighted by Gasteiger charge is 1.98. The maximum Gasteiger partial charge on any atom is 0.220 e. The molecule has 72 valence electrons. The lowest BCUT2D eigenvalue weighted by atomic mass is 10.2. The summed E-state index contributed by atoms with van der Waals surface area (Å²) in [5, 5.41) is 3.86. The average molecular weight is 254 g/mol. The van der Waals surface area contributed by atoms with Gasteiger partial charge in [0, 0.05) is 24.0 Å². The number of alkyl halides is 1. The molecule has 0 aliphatic heterocycles. The van der Waals surface area contributed by atoms with Gasteiger partial charge in [0.25, 0.3) is 0 Å². The van der Waals surface area contributed by atoms with E-state index in [1.54, 1.807) is 11.8 Å². The standard InChI is InChI=1S/C8H16BrNOS/c1-12-7-6-10-8(11)4-2-3-5-9/h2-7H2,1H3,(H,10,11). The Kier molecular flexibility index (Phi) is 9.62. The lowest BCUT2D eigenvalue weighted by molar-refractivity contribution is -0.121. The van der Waals surface area contributed by atoms with Gasteiger partial charge in [-0.3, -0.25) is 4.79 Å². The van der Waals surface area contributed by atoms with E-state index in [2.05, 4.69) is 21.2 Å². The summed E-state index contributed by atoms with van der Waals surface area (Å²) in [4.78, 5) is 11.1. The predicted octanol–water partition coefficient (Wildman–Crippen LogP) is 2.03. The van der Waals surface area contributed by atoms with Crippen LogP contribution < -0.4 is 5.32 Å². The van der Waals surface area contributed by atoms with Crippen LogP contribution in [0.1, 0.15) is 19.3 Å². The third-order valence-electron chi connectivity index (χ3n) is 1.42. The fourth-order valence-corrected chi connectivity index (χ4v) is 1.46. The lowest BCUT2D eigenvalue weighted by Gasteiger charge is -2.02. The SMILES string of the molecule is CSCCNC(=O)CCCCBr. The molecule has 2 nitrogen and oxygen atoms in total. The summed E-state index contributed by atoms with van der Waals surface area (Å²) < 4.78 is 0. The second kappa shape index (κ2) is 9.39. The molecule has 4 heteroatoms. The van der Waals surface area contributed by atoms with Gasteiger partial charge in [0.2, 0.25) is 5.91 Å². The van der Waals surface area contributed by atoms with Gasteiger partial charge >= 0.3 is 0 Å². The number of amides is 1. The fraction of sp³-hybridized carbons (Fsp3) is 0.875. The molecule has 0 fully saturated rings. The second-order valence-electron chi connectivity index (χ2n) is 2.49. The van der Waals surface area contributed by atoms with E-state index < -0.39 is 0 Å². The molecule has 0 unspecified atom stereocenters. The maximum atomic E-state index is 11.1. The number of carbonyl (C=O) groups is 1. The number of hydrogen-bond acceptors (Lipinski definition) is 2. The first-order valence-corrected chi connectivity index (χ1v) is 6.64. The Labute approximate surface area is 87.0 Å². The van der Waals surface area contributed by atoms with E-state index in [-0.39, 0.29) is 5.91 Å². The van der Waals surface area contributed by atoms with Gasteiger partial charge in [0.05, 0.1) is 0 Å². The third kappa shape index (κ3) is 8.40. The van der Waals surface area contributed by atoms with Gasteiger partial charge in [-0.25, -0.2) is 0 Å². The normalized spacial score (nSPS) is 9.83. The quantitative estimate of drug-likeness (QED) is 0.556. The monoisotopic (exact) mass is 253 g/mol. The molecule has 0 aliphatic carbocycles. The van der Waals surface area contributed by atoms with Crippen molar-refractivity contribution in [3.05, 3.63) is 0 Å². The van der Waals surface area contributed by atoms with Gasteiger partial charge in [-0.2, -0.15) is 11.8 Å². The summed E-state index contributed by atoms with van der Waals surface area (Å²) in [7, 11) is 0. The Morgan fingerprint density at radius 2 is 2.25 bits per heavy atom. The molecule has 1 N–H and O–H groups in total. The minimum Gasteiger partial charge on any atom is -0.355 e. The number of nitrogens with one attached hydrogen (secondary N) is 1. The molecule has 12 heavy (non-hydrogen) atoms. The largest absolute Gasteiger partial charge is 0.355 e. The number of halogens is 1. The summed E-state index contributed by atoms with van der Waals surface area (Å²) in [6, 6.07) is 0. The molecule has 0 saturated heterocycles. The first-order chi connectivity index (χ1) is 5.81. The number of rotatable bonds is 7. The molecule has 0 aromatic rings. The van der Waals surface area contributed by atoms with E-state index in [9.17, 15) is 4.79 Å². The highest BCUT2D eigenvalue weighted by Crippen LogP contribution is 1.98. The van der Waals surface area contributed by atoms with E-state index >= 15 is 0 Å². The molecule has 0 heterocycles. The van der Waals surface area contributed by atoms with E-state index in [0.717, 1.165) is 30.5 Å². The summed E-state index contributed by atoms with van der Waals surface area (Å²) in [5.74, 6) is 1.19. The van der Waals surface area contributed by atoms with Crippen LogP contribution in [0.15, 0.2) is 0 Å². The van der Waals surface area contributed by atoms with Crippen molar-refractivity contribution in [2.45, 2.75) is 19.3 Å². The van der Waals surface area contributed by atoms with Gasteiger partial charge in [0.15, 0.2) is 0 Å². The van der Waals surface area contributed by atoms with Crippen LogP contribution in [0.5, 0.6) is 0 Å². The van der Waals surface area contributed by atoms with E-state index in [4.69, 9.17) is 0 Å². The van der Waals surface area contributed by atoms with Gasteiger partial charge in [-0.1, -0.05) is 15.9 Å². The number of thioether (sulfide) groups is 1. The van der Waals surface area contributed by atoms with Gasteiger partial charge < -0.3 is 5.32 Å². The molecule has 0 rings (SSSR count). The van der Waals surface area contributed by atoms with Crippen molar-refractivity contribution in [2.24, 2.45) is 0 Å². The molecule has 0 atom stereocenters. The summed E-state index contributed by atoms with van der Waals surface area (Å²) >= 11 is 5.08. The molecule has 0 bridgehead atoms. The zero-order chi connectivity index (χ0) is 9.23. The van der Waals surface area contributed by atoms with E-state index in [0.29, 0.717) is 6.42 Å². The zero-order valence-electron chi connectivity index (χ0n) is 7.44. The average Bonchev–Trinajstić information content (AvgIpc) is 2.06. The Morgan fingerprint density at radius 1 is 1.50 bits per heavy atom. The van der Waals surface area contributed by atoms with Crippen molar-refractivity contribution < 1.29 is 4.79 Å². The van der Waals surface area contributed by atoms with Crippen molar-refractivity contribution in [1.29, 1.82) is 0 Å². The smallest absolute Gasteiger partial charge is 0.220 e. The Bertz CT molecular complexity index is 110. The third-order valence-corrected chi connectivity index (χ3v) is 2.59. The van der Waals surface area contributed by atoms with Crippen molar-refractivity contribution in [2.75, 3.05) is 23.9 Å². The highest BCUT2D eigenvalue weighted by molar-refractivity contribution is 9.09. The van der Waals surface area contributed by atoms with Crippen LogP contribution in [0.2, 0.25) is 0 Å². The zero-order valence-corrected chi connectivity index (χ0v) is 9.84. The minimum absolute atomic E-state index is 0.185. The van der Waals surface area contributed by atoms with Crippen LogP contribution in [0.4, 0.5) is 0 Å². The first kappa shape index (κ1) is 12.3. The molecular formula is C8H16BrNOS. The predicted molar refractivity (Wildman–Crippen MR) is 59.0 cm³/mol. The maximum absolute atomic E-state index is 11.1. The van der Waals surface area contributed by atoms with Crippen LogP contribution >= 0.6 is 27.7 Å². The van der Waals surface area contributed by atoms with Crippen molar-refractivity contribution in [1.82, 2.24) is 5.32 Å². The molecule has 1 amide bonds. The molecule has 0 spiro atoms. The lowest BCUT2D eigenvalue weighted by Crippen LogP contribution is -2.25. The highest BCUT2D eigenvalue weighted by atomic mass is 79.9. The number of carbonyl (C=O) groups excluding carboxylic acids is 1. The minimum atomic E-state index is 0.185. The topological polar surface area (TPSA) is 29.1 Å². The van der Waals surface area contributed by atoms with Crippen molar-refractivity contribution >= 4 is 33.6 Å². The van der Waals surface area contributed by atoms with Crippen LogP contribution in [0, 0.1) is 0 Å². The van der Waals surface area contributed by atoms with Crippen LogP contribution in [-0.4, -0.2) is 29.8 Å². The van der Waals surface area contributed by atoms with Crippen LogP contribution in [0.3, 0.4) is 0 Å². The van der Waals surface area contributed by atoms with Crippen molar-refractivity contribution in [3.8, 4) is 0 Å². The molecule has 0 aromatic heterocycles. The van der Waals surface area contributed by atoms with Crippen molar-refractivity contribution in [3.63, 3.8) is 0 Å². The first-order valence-electron chi connectivity index (χ1n) is 4.13. The summed E-state index contributed by atoms with van der Waals surface area (Å²) in [6.07, 6.45) is 4.77. The van der Waals surface area contributed by atoms with Crippen LogP contribution in [0.25, 0.3) is 0 Å². The second-order valence-corrected chi connectivity index (χ2v) is 4.27. The summed E-state index contributed by atoms with van der Waals surface area (Å²) in [5.41, 5.74) is 0. The fourth-order valence-electron chi connectivity index (χ4n) is 0.761. The van der Waals surface area contributed by atoms with Gasteiger partial charge in [-0.05, 0) is 19.1 Å². The van der Waals surface area contributed by atoms with E-state index in [1.165, 1.54) is 0 Å². The Hall–Kier alpha value is 0.300. The number of unbranched alkanes of at least 4 members (excludes halogenated alkanes) is 1. The molecule has 0 radical (unpaired) electrons. The molecular weight excluding hydrogens is 238 g/mol. The van der Waals surface area contributed by atoms with Crippen LogP contribution in [-0.2, 0) is 4.79 Å². The van der Waals surface area contributed by atoms with Gasteiger partial charge in [0.1, 0.15) is 0 Å². The Morgan fingerprint density at radius 3 is 2.83 bits per heavy atom. The van der Waals surface area contributed by atoms with Gasteiger partial charge in [-0.15, -0.1) is 0 Å². The molecule has 0 aliphatic rings. The number of hydrogen-bond donors (Lipinski definition) is 1. The van der Waals surface area contributed by atoms with E-state index in [1.807, 2.05) is 6.26 Å². The summed E-state index contributed by atoms with van der Waals surface area (Å²) in [6.45, 7) is 0.800. The Balaban J connectivity index is 3.10. The molecule has 0 saturated carbocycles. The molecule has 0 aromatic carbocycles.